The van der Waals surface area contributed by atoms with Crippen molar-refractivity contribution in [1.82, 2.24) is 14.8 Å². The van der Waals surface area contributed by atoms with E-state index in [9.17, 15) is 14.4 Å². The Bertz CT molecular complexity index is 865. The molecule has 0 radical (unpaired) electrons. The average Bonchev–Trinajstić information content (AvgIpc) is 3.26. The fourth-order valence-electron chi connectivity index (χ4n) is 4.33. The molecule has 7 nitrogen and oxygen atoms in total. The normalized spacial score (nSPS) is 22.5. The van der Waals surface area contributed by atoms with Crippen LogP contribution >= 0.6 is 0 Å². The van der Waals surface area contributed by atoms with E-state index >= 15 is 0 Å². The van der Waals surface area contributed by atoms with Crippen molar-refractivity contribution in [3.63, 3.8) is 0 Å². The van der Waals surface area contributed by atoms with Gasteiger partial charge in [-0.15, -0.1) is 0 Å². The number of pyridine rings is 1. The highest BCUT2D eigenvalue weighted by Gasteiger charge is 2.43. The molecule has 4 rings (SSSR count). The van der Waals surface area contributed by atoms with Gasteiger partial charge < -0.3 is 14.2 Å². The first-order valence-electron chi connectivity index (χ1n) is 9.60. The monoisotopic (exact) mass is 381 g/mol. The van der Waals surface area contributed by atoms with Crippen molar-refractivity contribution in [2.45, 2.75) is 32.2 Å². The molecule has 1 spiro atoms. The van der Waals surface area contributed by atoms with Gasteiger partial charge in [0.05, 0.1) is 6.26 Å². The molecular weight excluding hydrogens is 358 g/mol. The lowest BCUT2D eigenvalue weighted by Crippen LogP contribution is -2.55. The van der Waals surface area contributed by atoms with Gasteiger partial charge in [0.15, 0.2) is 5.76 Å². The number of nitrogens with zero attached hydrogens (tertiary/aromatic N) is 3. The van der Waals surface area contributed by atoms with Crippen molar-refractivity contribution in [1.29, 1.82) is 0 Å². The highest BCUT2D eigenvalue weighted by Crippen LogP contribution is 2.39. The van der Waals surface area contributed by atoms with Crippen molar-refractivity contribution in [2.24, 2.45) is 5.41 Å². The van der Waals surface area contributed by atoms with E-state index in [-0.39, 0.29) is 17.1 Å². The van der Waals surface area contributed by atoms with Gasteiger partial charge in [-0.2, -0.15) is 0 Å². The minimum absolute atomic E-state index is 0.0710. The Kier molecular flexibility index (Phi) is 4.98. The number of aromatic nitrogens is 1. The lowest BCUT2D eigenvalue weighted by molar-refractivity contribution is -0.142. The summed E-state index contributed by atoms with van der Waals surface area (Å²) in [5, 5.41) is 0. The number of hydrogen-bond acceptors (Lipinski definition) is 5. The van der Waals surface area contributed by atoms with E-state index in [2.05, 4.69) is 4.98 Å². The predicted molar refractivity (Wildman–Crippen MR) is 100 cm³/mol. The van der Waals surface area contributed by atoms with Crippen LogP contribution in [-0.4, -0.2) is 52.0 Å². The highest BCUT2D eigenvalue weighted by molar-refractivity contribution is 6.41. The maximum atomic E-state index is 12.7. The van der Waals surface area contributed by atoms with Crippen LogP contribution in [0.3, 0.4) is 0 Å². The van der Waals surface area contributed by atoms with Gasteiger partial charge in [-0.1, -0.05) is 6.07 Å². The summed E-state index contributed by atoms with van der Waals surface area (Å²) in [7, 11) is 0. The van der Waals surface area contributed by atoms with E-state index < -0.39 is 11.7 Å². The molecule has 28 heavy (non-hydrogen) atoms. The Morgan fingerprint density at radius 2 is 2.07 bits per heavy atom. The van der Waals surface area contributed by atoms with Gasteiger partial charge in [0.25, 0.3) is 11.7 Å². The summed E-state index contributed by atoms with van der Waals surface area (Å²) < 4.78 is 5.09. The smallest absolute Gasteiger partial charge is 0.298 e. The lowest BCUT2D eigenvalue weighted by atomic mass is 9.73. The lowest BCUT2D eigenvalue weighted by Gasteiger charge is -2.48. The van der Waals surface area contributed by atoms with E-state index in [4.69, 9.17) is 4.42 Å². The maximum Gasteiger partial charge on any atom is 0.298 e. The molecule has 0 bridgehead atoms. The second-order valence-electron chi connectivity index (χ2n) is 7.75. The fourth-order valence-corrected chi connectivity index (χ4v) is 4.33. The SMILES string of the molecule is O=C(C(=O)N1CCC[C@]2(CCC(=O)N(Cc3cccnc3)C2)C1)c1ccco1. The third-order valence-corrected chi connectivity index (χ3v) is 5.73. The summed E-state index contributed by atoms with van der Waals surface area (Å²) in [5.41, 5.74) is 0.831. The van der Waals surface area contributed by atoms with Crippen LogP contribution in [0, 0.1) is 5.41 Å². The van der Waals surface area contributed by atoms with Crippen LogP contribution in [0.25, 0.3) is 0 Å². The van der Waals surface area contributed by atoms with Crippen LogP contribution in [0.1, 0.15) is 41.8 Å². The highest BCUT2D eigenvalue weighted by atomic mass is 16.3. The number of ketones is 1. The van der Waals surface area contributed by atoms with Gasteiger partial charge in [-0.25, -0.2) is 0 Å². The summed E-state index contributed by atoms with van der Waals surface area (Å²) in [5.74, 6) is -0.933. The second kappa shape index (κ2) is 7.58. The molecule has 2 aliphatic rings. The van der Waals surface area contributed by atoms with Gasteiger partial charge in [-0.05, 0) is 43.0 Å². The zero-order chi connectivity index (χ0) is 19.6. The quantitative estimate of drug-likeness (QED) is 0.599. The van der Waals surface area contributed by atoms with Gasteiger partial charge in [-0.3, -0.25) is 19.4 Å². The molecule has 2 aromatic heterocycles. The molecule has 2 aromatic rings. The number of carbonyl (C=O) groups excluding carboxylic acids is 3. The molecule has 0 unspecified atom stereocenters. The number of likely N-dealkylation sites (tertiary alicyclic amines) is 2. The number of Topliss-reactive ketones (excluding diaryl/α,β-unsaturated/α-hetero) is 1. The van der Waals surface area contributed by atoms with E-state index in [1.54, 1.807) is 23.4 Å². The molecule has 0 saturated carbocycles. The Morgan fingerprint density at radius 1 is 1.18 bits per heavy atom. The zero-order valence-electron chi connectivity index (χ0n) is 15.7. The number of piperidine rings is 2. The maximum absolute atomic E-state index is 12.7. The number of amides is 2. The third-order valence-electron chi connectivity index (χ3n) is 5.73. The Morgan fingerprint density at radius 3 is 2.82 bits per heavy atom. The number of carbonyl (C=O) groups is 3. The largest absolute Gasteiger partial charge is 0.461 e. The first kappa shape index (κ1) is 18.4. The summed E-state index contributed by atoms with van der Waals surface area (Å²) in [6.07, 6.45) is 7.86. The molecule has 4 heterocycles. The zero-order valence-corrected chi connectivity index (χ0v) is 15.7. The van der Waals surface area contributed by atoms with E-state index in [0.717, 1.165) is 24.8 Å². The number of rotatable bonds is 4. The summed E-state index contributed by atoms with van der Waals surface area (Å²) in [6.45, 7) is 2.17. The van der Waals surface area contributed by atoms with Crippen LogP contribution in [0.15, 0.2) is 47.3 Å². The van der Waals surface area contributed by atoms with Gasteiger partial charge in [0.1, 0.15) is 0 Å². The average molecular weight is 381 g/mol. The van der Waals surface area contributed by atoms with E-state index in [1.165, 1.54) is 12.3 Å². The van der Waals surface area contributed by atoms with Gasteiger partial charge >= 0.3 is 0 Å². The number of furan rings is 1. The van der Waals surface area contributed by atoms with Gasteiger partial charge in [0, 0.05) is 50.4 Å². The van der Waals surface area contributed by atoms with Gasteiger partial charge in [0.2, 0.25) is 5.91 Å². The molecule has 2 saturated heterocycles. The van der Waals surface area contributed by atoms with Crippen LogP contribution < -0.4 is 0 Å². The molecule has 2 amide bonds. The molecule has 2 aliphatic heterocycles. The predicted octanol–water partition coefficient (Wildman–Crippen LogP) is 2.29. The molecule has 146 valence electrons. The van der Waals surface area contributed by atoms with Crippen molar-refractivity contribution in [3.8, 4) is 0 Å². The Labute approximate surface area is 163 Å². The topological polar surface area (TPSA) is 83.7 Å². The molecule has 0 aliphatic carbocycles. The summed E-state index contributed by atoms with van der Waals surface area (Å²) in [6, 6.07) is 6.93. The molecular formula is C21H23N3O4. The third kappa shape index (κ3) is 3.69. The fraction of sp³-hybridized carbons (Fsp3) is 0.429. The molecule has 7 heteroatoms. The van der Waals surface area contributed by atoms with Crippen molar-refractivity contribution >= 4 is 17.6 Å². The van der Waals surface area contributed by atoms with Crippen LogP contribution in [0.2, 0.25) is 0 Å². The number of hydrogen-bond donors (Lipinski definition) is 0. The summed E-state index contributed by atoms with van der Waals surface area (Å²) >= 11 is 0. The van der Waals surface area contributed by atoms with Crippen molar-refractivity contribution in [3.05, 3.63) is 54.2 Å². The van der Waals surface area contributed by atoms with E-state index in [0.29, 0.717) is 32.6 Å². The minimum Gasteiger partial charge on any atom is -0.461 e. The molecule has 0 N–H and O–H groups in total. The second-order valence-corrected chi connectivity index (χ2v) is 7.75. The van der Waals surface area contributed by atoms with Crippen LogP contribution in [0.4, 0.5) is 0 Å². The summed E-state index contributed by atoms with van der Waals surface area (Å²) in [4.78, 5) is 45.1. The van der Waals surface area contributed by atoms with Crippen LogP contribution in [0.5, 0.6) is 0 Å². The van der Waals surface area contributed by atoms with E-state index in [1.807, 2.05) is 17.0 Å². The first-order chi connectivity index (χ1) is 13.6. The molecule has 1 atom stereocenters. The Hall–Kier alpha value is -2.96. The first-order valence-corrected chi connectivity index (χ1v) is 9.60. The van der Waals surface area contributed by atoms with Crippen molar-refractivity contribution < 1.29 is 18.8 Å². The standard InChI is InChI=1S/C21H23N3O4/c25-18-6-8-21(15-24(18)13-16-4-1-9-22-12-16)7-3-10-23(14-21)20(27)19(26)17-5-2-11-28-17/h1-2,4-5,9,11-12H,3,6-8,10,13-15H2/t21-/m0/s1. The van der Waals surface area contributed by atoms with Crippen molar-refractivity contribution in [2.75, 3.05) is 19.6 Å². The molecule has 2 fully saturated rings. The Balaban J connectivity index is 1.47. The minimum atomic E-state index is -0.610. The van der Waals surface area contributed by atoms with Crippen LogP contribution in [-0.2, 0) is 16.1 Å². The molecule has 0 aromatic carbocycles.